The predicted octanol–water partition coefficient (Wildman–Crippen LogP) is -0.269. The second kappa shape index (κ2) is 5.10. The van der Waals surface area contributed by atoms with Crippen LogP contribution >= 0.6 is 0 Å². The van der Waals surface area contributed by atoms with E-state index in [2.05, 4.69) is 30.9 Å². The second-order valence-electron chi connectivity index (χ2n) is 2.90. The third kappa shape index (κ3) is 2.47. The molecule has 0 aromatic carbocycles. The second-order valence-corrected chi connectivity index (χ2v) is 2.90. The summed E-state index contributed by atoms with van der Waals surface area (Å²) in [5.41, 5.74) is 0. The van der Waals surface area contributed by atoms with E-state index in [1.165, 1.54) is 11.9 Å². The Bertz CT molecular complexity index is 358. The van der Waals surface area contributed by atoms with Crippen molar-refractivity contribution in [2.45, 2.75) is 0 Å². The van der Waals surface area contributed by atoms with Crippen LogP contribution in [0.15, 0.2) is 0 Å². The molecular formula is C8H15N7O. The molecule has 0 spiro atoms. The number of nitrogens with one attached hydrogen (secondary N) is 3. The average Bonchev–Trinajstić information content (AvgIpc) is 2.35. The molecule has 16 heavy (non-hydrogen) atoms. The van der Waals surface area contributed by atoms with Gasteiger partial charge in [0.1, 0.15) is 0 Å². The van der Waals surface area contributed by atoms with Crippen molar-refractivity contribution in [3.05, 3.63) is 0 Å². The number of carbonyl (C=O) groups is 1. The van der Waals surface area contributed by atoms with Gasteiger partial charge >= 0.3 is 6.03 Å². The Labute approximate surface area is 93.5 Å². The zero-order valence-electron chi connectivity index (χ0n) is 9.70. The number of amides is 2. The first-order valence-corrected chi connectivity index (χ1v) is 4.69. The molecule has 0 aliphatic carbocycles. The molecule has 1 aromatic heterocycles. The number of rotatable bonds is 3. The van der Waals surface area contributed by atoms with Crippen molar-refractivity contribution in [1.29, 1.82) is 0 Å². The molecule has 0 bridgehead atoms. The highest BCUT2D eigenvalue weighted by atomic mass is 16.2. The van der Waals surface area contributed by atoms with E-state index < -0.39 is 0 Å². The number of nitrogens with zero attached hydrogens (tertiary/aromatic N) is 4. The minimum atomic E-state index is -0.296. The first-order chi connectivity index (χ1) is 7.62. The number of aromatic nitrogens is 3. The van der Waals surface area contributed by atoms with Gasteiger partial charge in [-0.05, 0) is 0 Å². The van der Waals surface area contributed by atoms with Gasteiger partial charge in [-0.15, -0.1) is 0 Å². The molecule has 1 heterocycles. The number of anilines is 3. The molecule has 8 heteroatoms. The fourth-order valence-electron chi connectivity index (χ4n) is 0.997. The summed E-state index contributed by atoms with van der Waals surface area (Å²) in [6.07, 6.45) is 0. The van der Waals surface area contributed by atoms with Gasteiger partial charge in [-0.3, -0.25) is 4.90 Å². The summed E-state index contributed by atoms with van der Waals surface area (Å²) < 4.78 is 0. The van der Waals surface area contributed by atoms with Crippen molar-refractivity contribution in [2.24, 2.45) is 0 Å². The van der Waals surface area contributed by atoms with Gasteiger partial charge in [0.25, 0.3) is 0 Å². The van der Waals surface area contributed by atoms with E-state index in [1.807, 2.05) is 0 Å². The van der Waals surface area contributed by atoms with Crippen molar-refractivity contribution in [1.82, 2.24) is 20.3 Å². The summed E-state index contributed by atoms with van der Waals surface area (Å²) in [7, 11) is 6.50. The number of urea groups is 1. The van der Waals surface area contributed by atoms with Gasteiger partial charge < -0.3 is 16.0 Å². The van der Waals surface area contributed by atoms with E-state index in [9.17, 15) is 4.79 Å². The van der Waals surface area contributed by atoms with Crippen molar-refractivity contribution in [2.75, 3.05) is 43.7 Å². The third-order valence-corrected chi connectivity index (χ3v) is 1.89. The molecular weight excluding hydrogens is 210 g/mol. The summed E-state index contributed by atoms with van der Waals surface area (Å²) >= 11 is 0. The standard InChI is InChI=1S/C8H15N7O/c1-9-5-12-6(10-2)14-7(13-5)15(4)8(16)11-3/h1-4H3,(H,11,16)(H2,9,10,12,13,14). The van der Waals surface area contributed by atoms with Gasteiger partial charge in [-0.2, -0.15) is 15.0 Å². The molecule has 0 saturated heterocycles. The zero-order valence-corrected chi connectivity index (χ0v) is 9.70. The van der Waals surface area contributed by atoms with Crippen LogP contribution in [-0.2, 0) is 0 Å². The van der Waals surface area contributed by atoms with E-state index >= 15 is 0 Å². The average molecular weight is 225 g/mol. The van der Waals surface area contributed by atoms with E-state index in [4.69, 9.17) is 0 Å². The molecule has 0 aliphatic heterocycles. The van der Waals surface area contributed by atoms with E-state index in [1.54, 1.807) is 21.1 Å². The molecule has 1 rings (SSSR count). The van der Waals surface area contributed by atoms with Crippen LogP contribution in [0.4, 0.5) is 22.6 Å². The van der Waals surface area contributed by atoms with Gasteiger partial charge in [0.15, 0.2) is 0 Å². The maximum atomic E-state index is 11.4. The van der Waals surface area contributed by atoms with Crippen LogP contribution in [0.2, 0.25) is 0 Å². The lowest BCUT2D eigenvalue weighted by atomic mass is 10.7. The molecule has 0 saturated carbocycles. The van der Waals surface area contributed by atoms with E-state index in [-0.39, 0.29) is 12.0 Å². The molecule has 88 valence electrons. The summed E-state index contributed by atoms with van der Waals surface area (Å²) in [6.45, 7) is 0. The lowest BCUT2D eigenvalue weighted by molar-refractivity contribution is 0.249. The van der Waals surface area contributed by atoms with Crippen LogP contribution in [0.1, 0.15) is 0 Å². The van der Waals surface area contributed by atoms with Gasteiger partial charge in [-0.1, -0.05) is 0 Å². The molecule has 0 fully saturated rings. The minimum Gasteiger partial charge on any atom is -0.357 e. The Morgan fingerprint density at radius 3 is 1.94 bits per heavy atom. The smallest absolute Gasteiger partial charge is 0.323 e. The quantitative estimate of drug-likeness (QED) is 0.655. The van der Waals surface area contributed by atoms with Crippen molar-refractivity contribution < 1.29 is 4.79 Å². The SMILES string of the molecule is CNC(=O)N(C)c1nc(NC)nc(NC)n1. The summed E-state index contributed by atoms with van der Waals surface area (Å²) in [5.74, 6) is 1.05. The summed E-state index contributed by atoms with van der Waals surface area (Å²) in [4.78, 5) is 24.8. The molecule has 3 N–H and O–H groups in total. The van der Waals surface area contributed by atoms with Crippen molar-refractivity contribution in [3.63, 3.8) is 0 Å². The van der Waals surface area contributed by atoms with Crippen LogP contribution in [-0.4, -0.2) is 49.2 Å². The summed E-state index contributed by atoms with van der Waals surface area (Å²) in [5, 5.41) is 8.07. The maximum Gasteiger partial charge on any atom is 0.323 e. The van der Waals surface area contributed by atoms with Gasteiger partial charge in [0.2, 0.25) is 17.8 Å². The van der Waals surface area contributed by atoms with E-state index in [0.717, 1.165) is 0 Å². The Hall–Kier alpha value is -2.12. The first kappa shape index (κ1) is 12.0. The molecule has 2 amide bonds. The molecule has 0 aliphatic rings. The van der Waals surface area contributed by atoms with Gasteiger partial charge in [0.05, 0.1) is 0 Å². The molecule has 1 aromatic rings. The highest BCUT2D eigenvalue weighted by Crippen LogP contribution is 2.11. The molecule has 0 atom stereocenters. The van der Waals surface area contributed by atoms with Crippen LogP contribution in [0, 0.1) is 0 Å². The molecule has 0 unspecified atom stereocenters. The Kier molecular flexibility index (Phi) is 3.81. The van der Waals surface area contributed by atoms with Crippen molar-refractivity contribution in [3.8, 4) is 0 Å². The van der Waals surface area contributed by atoms with Crippen LogP contribution in [0.25, 0.3) is 0 Å². The number of hydrogen-bond acceptors (Lipinski definition) is 6. The number of hydrogen-bond donors (Lipinski definition) is 3. The fourth-order valence-corrected chi connectivity index (χ4v) is 0.997. The van der Waals surface area contributed by atoms with Gasteiger partial charge in [-0.25, -0.2) is 4.79 Å². The third-order valence-electron chi connectivity index (χ3n) is 1.89. The first-order valence-electron chi connectivity index (χ1n) is 4.69. The molecule has 8 nitrogen and oxygen atoms in total. The predicted molar refractivity (Wildman–Crippen MR) is 61.8 cm³/mol. The Morgan fingerprint density at radius 1 is 1.06 bits per heavy atom. The molecule has 0 radical (unpaired) electrons. The van der Waals surface area contributed by atoms with Crippen LogP contribution in [0.3, 0.4) is 0 Å². The fraction of sp³-hybridized carbons (Fsp3) is 0.500. The van der Waals surface area contributed by atoms with E-state index in [0.29, 0.717) is 11.9 Å². The largest absolute Gasteiger partial charge is 0.357 e. The number of carbonyl (C=O) groups excluding carboxylic acids is 1. The Morgan fingerprint density at radius 2 is 1.56 bits per heavy atom. The lowest BCUT2D eigenvalue weighted by Crippen LogP contribution is -2.36. The minimum absolute atomic E-state index is 0.267. The highest BCUT2D eigenvalue weighted by Gasteiger charge is 2.14. The lowest BCUT2D eigenvalue weighted by Gasteiger charge is -2.15. The highest BCUT2D eigenvalue weighted by molar-refractivity contribution is 5.89. The van der Waals surface area contributed by atoms with Crippen LogP contribution < -0.4 is 20.9 Å². The summed E-state index contributed by atoms with van der Waals surface area (Å²) in [6, 6.07) is -0.296. The normalized spacial score (nSPS) is 9.50. The Balaban J connectivity index is 3.07. The van der Waals surface area contributed by atoms with Crippen molar-refractivity contribution >= 4 is 23.9 Å². The zero-order chi connectivity index (χ0) is 12.1. The van der Waals surface area contributed by atoms with Crippen LogP contribution in [0.5, 0.6) is 0 Å². The monoisotopic (exact) mass is 225 g/mol. The van der Waals surface area contributed by atoms with Gasteiger partial charge in [0, 0.05) is 28.2 Å². The topological polar surface area (TPSA) is 95.1 Å². The maximum absolute atomic E-state index is 11.4.